The van der Waals surface area contributed by atoms with Crippen molar-refractivity contribution in [3.63, 3.8) is 0 Å². The molecule has 0 unspecified atom stereocenters. The Hall–Kier alpha value is -5.52. The number of anilines is 4. The highest BCUT2D eigenvalue weighted by Crippen LogP contribution is 2.50. The SMILES string of the molecule is Cc1cc2c(cc1C)N(n1ccnc1C)C(C1N(n3ccnc3C)c3cc(C)c(C)cc3N1n1ccnc1C)N2n1ccnc1C. The Bertz CT molecular complexity index is 1810. The predicted molar refractivity (Wildman–Crippen MR) is 179 cm³/mol. The summed E-state index contributed by atoms with van der Waals surface area (Å²) in [6, 6.07) is 9.16. The molecular formula is C34H38N12. The maximum absolute atomic E-state index is 4.70. The lowest BCUT2D eigenvalue weighted by molar-refractivity contribution is 0.366. The number of hydrogen-bond donors (Lipinski definition) is 0. The van der Waals surface area contributed by atoms with Gasteiger partial charge in [-0.25, -0.2) is 58.7 Å². The van der Waals surface area contributed by atoms with Crippen LogP contribution in [0.15, 0.2) is 73.8 Å². The Morgan fingerprint density at radius 2 is 0.587 bits per heavy atom. The molecule has 0 saturated carbocycles. The standard InChI is InChI=1S/C34H38N12/c1-21-17-29-30(18-22(21)2)44(40-14-10-36-26(40)6)33(43(29)39-13-9-35-25(39)5)34-45(41-15-11-37-27(41)7)31-19-23(3)24(4)20-32(31)46(34)42-16-12-38-28(42)8/h9-20,33-34H,1-8H3. The van der Waals surface area contributed by atoms with Crippen molar-refractivity contribution in [3.8, 4) is 0 Å². The molecule has 0 amide bonds. The number of aryl methyl sites for hydroxylation is 8. The quantitative estimate of drug-likeness (QED) is 0.255. The molecule has 234 valence electrons. The van der Waals surface area contributed by atoms with E-state index in [1.807, 2.05) is 49.6 Å². The molecule has 12 heteroatoms. The maximum atomic E-state index is 4.70. The third-order valence-corrected chi connectivity index (χ3v) is 9.57. The zero-order valence-corrected chi connectivity index (χ0v) is 27.4. The third kappa shape index (κ3) is 3.85. The fraction of sp³-hybridized carbons (Fsp3) is 0.294. The first kappa shape index (κ1) is 28.0. The lowest BCUT2D eigenvalue weighted by Gasteiger charge is -2.44. The number of fused-ring (bicyclic) bond motifs is 2. The molecule has 0 fully saturated rings. The van der Waals surface area contributed by atoms with Gasteiger partial charge in [-0.1, -0.05) is 0 Å². The molecule has 12 nitrogen and oxygen atoms in total. The highest BCUT2D eigenvalue weighted by atomic mass is 15.8. The van der Waals surface area contributed by atoms with Gasteiger partial charge < -0.3 is 0 Å². The van der Waals surface area contributed by atoms with Crippen LogP contribution in [0.5, 0.6) is 0 Å². The number of nitrogens with zero attached hydrogens (tertiary/aromatic N) is 12. The minimum Gasteiger partial charge on any atom is -0.249 e. The summed E-state index contributed by atoms with van der Waals surface area (Å²) in [7, 11) is 0. The van der Waals surface area contributed by atoms with Crippen molar-refractivity contribution >= 4 is 22.7 Å². The van der Waals surface area contributed by atoms with E-state index in [-0.39, 0.29) is 12.3 Å². The normalized spacial score (nSPS) is 15.0. The van der Waals surface area contributed by atoms with E-state index in [0.29, 0.717) is 0 Å². The summed E-state index contributed by atoms with van der Waals surface area (Å²) in [5.74, 6) is 3.54. The average molecular weight is 615 g/mol. The van der Waals surface area contributed by atoms with Gasteiger partial charge in [0.25, 0.3) is 0 Å². The second-order valence-corrected chi connectivity index (χ2v) is 12.3. The Kier molecular flexibility index (Phi) is 6.08. The monoisotopic (exact) mass is 614 g/mol. The third-order valence-electron chi connectivity index (χ3n) is 9.57. The van der Waals surface area contributed by atoms with E-state index in [9.17, 15) is 0 Å². The average Bonchev–Trinajstić information content (AvgIpc) is 3.87. The molecule has 0 spiro atoms. The van der Waals surface area contributed by atoms with Gasteiger partial charge in [0.15, 0.2) is 12.3 Å². The number of aromatic nitrogens is 8. The second kappa shape index (κ2) is 9.99. The zero-order chi connectivity index (χ0) is 32.0. The van der Waals surface area contributed by atoms with Gasteiger partial charge in [-0.2, -0.15) is 0 Å². The summed E-state index contributed by atoms with van der Waals surface area (Å²) in [6.45, 7) is 16.9. The summed E-state index contributed by atoms with van der Waals surface area (Å²) >= 11 is 0. The lowest BCUT2D eigenvalue weighted by Crippen LogP contribution is -2.66. The summed E-state index contributed by atoms with van der Waals surface area (Å²) in [4.78, 5) is 18.8. The molecule has 8 rings (SSSR count). The minimum atomic E-state index is -0.353. The summed E-state index contributed by atoms with van der Waals surface area (Å²) < 4.78 is 8.67. The molecule has 6 heterocycles. The van der Waals surface area contributed by atoms with Crippen LogP contribution >= 0.6 is 0 Å². The van der Waals surface area contributed by atoms with E-state index in [0.717, 1.165) is 46.0 Å². The first-order chi connectivity index (χ1) is 22.2. The van der Waals surface area contributed by atoms with Gasteiger partial charge in [-0.3, -0.25) is 0 Å². The smallest absolute Gasteiger partial charge is 0.183 e. The number of rotatable bonds is 5. The van der Waals surface area contributed by atoms with Crippen LogP contribution in [0.2, 0.25) is 0 Å². The highest BCUT2D eigenvalue weighted by molar-refractivity contribution is 5.84. The van der Waals surface area contributed by atoms with Crippen molar-refractivity contribution in [1.82, 2.24) is 38.6 Å². The Morgan fingerprint density at radius 3 is 0.761 bits per heavy atom. The number of benzene rings is 2. The molecule has 0 atom stereocenters. The Labute approximate surface area is 268 Å². The topological polar surface area (TPSA) is 84.2 Å². The second-order valence-electron chi connectivity index (χ2n) is 12.3. The largest absolute Gasteiger partial charge is 0.249 e. The van der Waals surface area contributed by atoms with E-state index in [1.54, 1.807) is 0 Å². The maximum Gasteiger partial charge on any atom is 0.183 e. The molecule has 2 aromatic carbocycles. The van der Waals surface area contributed by atoms with Crippen molar-refractivity contribution in [3.05, 3.63) is 119 Å². The Morgan fingerprint density at radius 1 is 0.370 bits per heavy atom. The van der Waals surface area contributed by atoms with E-state index in [4.69, 9.17) is 19.9 Å². The van der Waals surface area contributed by atoms with Crippen LogP contribution in [0.4, 0.5) is 22.7 Å². The zero-order valence-electron chi connectivity index (χ0n) is 27.4. The van der Waals surface area contributed by atoms with Gasteiger partial charge in [-0.15, -0.1) is 0 Å². The van der Waals surface area contributed by atoms with Crippen molar-refractivity contribution in [2.75, 3.05) is 20.0 Å². The van der Waals surface area contributed by atoms with Gasteiger partial charge in [0.05, 0.1) is 22.7 Å². The molecule has 0 aliphatic carbocycles. The molecule has 0 saturated heterocycles. The van der Waals surface area contributed by atoms with Crippen LogP contribution in [0.3, 0.4) is 0 Å². The molecular weight excluding hydrogens is 576 g/mol. The van der Waals surface area contributed by atoms with Crippen LogP contribution in [0, 0.1) is 55.4 Å². The molecule has 2 aliphatic heterocycles. The van der Waals surface area contributed by atoms with E-state index >= 15 is 0 Å². The predicted octanol–water partition coefficient (Wildman–Crippen LogP) is 5.40. The lowest BCUT2D eigenvalue weighted by atomic mass is 10.1. The molecule has 0 N–H and O–H groups in total. The van der Waals surface area contributed by atoms with Gasteiger partial charge in [-0.05, 0) is 102 Å². The first-order valence-corrected chi connectivity index (χ1v) is 15.6. The molecule has 0 bridgehead atoms. The van der Waals surface area contributed by atoms with Gasteiger partial charge >= 0.3 is 0 Å². The number of imidazole rings is 4. The highest BCUT2D eigenvalue weighted by Gasteiger charge is 2.54. The first-order valence-electron chi connectivity index (χ1n) is 15.6. The van der Waals surface area contributed by atoms with Gasteiger partial charge in [0, 0.05) is 49.6 Å². The van der Waals surface area contributed by atoms with Crippen molar-refractivity contribution < 1.29 is 0 Å². The van der Waals surface area contributed by atoms with E-state index in [1.165, 1.54) is 22.3 Å². The van der Waals surface area contributed by atoms with Crippen molar-refractivity contribution in [2.45, 2.75) is 67.7 Å². The van der Waals surface area contributed by atoms with Gasteiger partial charge in [0.1, 0.15) is 23.3 Å². The van der Waals surface area contributed by atoms with Crippen LogP contribution in [-0.4, -0.2) is 51.0 Å². The summed E-state index contributed by atoms with van der Waals surface area (Å²) in [6.07, 6.45) is 14.9. The summed E-state index contributed by atoms with van der Waals surface area (Å²) in [5.41, 5.74) is 9.19. The van der Waals surface area contributed by atoms with Crippen molar-refractivity contribution in [1.29, 1.82) is 0 Å². The molecule has 6 aromatic rings. The minimum absolute atomic E-state index is 0.353. The molecule has 46 heavy (non-hydrogen) atoms. The fourth-order valence-electron chi connectivity index (χ4n) is 6.96. The molecule has 2 aliphatic rings. The van der Waals surface area contributed by atoms with E-state index in [2.05, 4.69) is 118 Å². The van der Waals surface area contributed by atoms with E-state index < -0.39 is 0 Å². The van der Waals surface area contributed by atoms with Crippen LogP contribution in [0.1, 0.15) is 45.6 Å². The molecule has 0 radical (unpaired) electrons. The van der Waals surface area contributed by atoms with Crippen LogP contribution in [0.25, 0.3) is 0 Å². The number of hydrogen-bond acceptors (Lipinski definition) is 8. The van der Waals surface area contributed by atoms with Crippen LogP contribution in [-0.2, 0) is 0 Å². The van der Waals surface area contributed by atoms with Gasteiger partial charge in [0.2, 0.25) is 0 Å². The van der Waals surface area contributed by atoms with Crippen molar-refractivity contribution in [2.24, 2.45) is 0 Å². The Balaban J connectivity index is 1.49. The van der Waals surface area contributed by atoms with Crippen LogP contribution < -0.4 is 20.0 Å². The summed E-state index contributed by atoms with van der Waals surface area (Å²) in [5, 5.41) is 9.49. The fourth-order valence-corrected chi connectivity index (χ4v) is 6.96. The molecule has 4 aromatic heterocycles.